The number of unbranched alkanes of at least 4 members (excludes halogenated alkanes) is 3. The minimum atomic E-state index is -0.308. The predicted molar refractivity (Wildman–Crippen MR) is 101 cm³/mol. The van der Waals surface area contributed by atoms with Crippen molar-refractivity contribution in [2.75, 3.05) is 17.7 Å². The number of anilines is 2. The van der Waals surface area contributed by atoms with E-state index in [9.17, 15) is 4.79 Å². The summed E-state index contributed by atoms with van der Waals surface area (Å²) in [6, 6.07) is 8.74. The first-order valence-corrected chi connectivity index (χ1v) is 8.45. The molecule has 0 bridgehead atoms. The van der Waals surface area contributed by atoms with Gasteiger partial charge in [0.2, 0.25) is 0 Å². The van der Waals surface area contributed by atoms with E-state index in [-0.39, 0.29) is 11.7 Å². The van der Waals surface area contributed by atoms with Gasteiger partial charge in [0.25, 0.3) is 5.91 Å². The first kappa shape index (κ1) is 18.4. The molecule has 0 radical (unpaired) electrons. The Hall–Kier alpha value is -2.89. The van der Waals surface area contributed by atoms with Gasteiger partial charge in [0.1, 0.15) is 11.6 Å². The van der Waals surface area contributed by atoms with Crippen molar-refractivity contribution >= 4 is 23.6 Å². The summed E-state index contributed by atoms with van der Waals surface area (Å²) >= 11 is 0. The van der Waals surface area contributed by atoms with E-state index in [2.05, 4.69) is 17.2 Å². The Morgan fingerprint density at radius 2 is 2.08 bits per heavy atom. The summed E-state index contributed by atoms with van der Waals surface area (Å²) in [5, 5.41) is 10.2. The second-order valence-corrected chi connectivity index (χ2v) is 5.66. The zero-order chi connectivity index (χ0) is 18.1. The average Bonchev–Trinajstić information content (AvgIpc) is 2.62. The van der Waals surface area contributed by atoms with E-state index in [1.54, 1.807) is 24.3 Å². The first-order valence-electron chi connectivity index (χ1n) is 8.45. The molecule has 6 nitrogen and oxygen atoms in total. The number of nitrogen functional groups attached to an aromatic ring is 1. The molecule has 6 heteroatoms. The van der Waals surface area contributed by atoms with Gasteiger partial charge in [-0.15, -0.1) is 0 Å². The SMILES string of the molecule is CCCCCCOc1ccccc1C(=O)Nc1ccnc(N)c1C=N. The van der Waals surface area contributed by atoms with Crippen molar-refractivity contribution in [3.63, 3.8) is 0 Å². The van der Waals surface area contributed by atoms with E-state index in [1.165, 1.54) is 19.0 Å². The first-order chi connectivity index (χ1) is 12.2. The van der Waals surface area contributed by atoms with E-state index < -0.39 is 0 Å². The van der Waals surface area contributed by atoms with Gasteiger partial charge < -0.3 is 21.2 Å². The molecule has 0 saturated carbocycles. The average molecular weight is 340 g/mol. The van der Waals surface area contributed by atoms with E-state index in [1.807, 2.05) is 6.07 Å². The molecular weight excluding hydrogens is 316 g/mol. The molecule has 2 rings (SSSR count). The normalized spacial score (nSPS) is 10.3. The Labute approximate surface area is 147 Å². The summed E-state index contributed by atoms with van der Waals surface area (Å²) in [5.74, 6) is 0.445. The van der Waals surface area contributed by atoms with Gasteiger partial charge in [-0.25, -0.2) is 4.98 Å². The lowest BCUT2D eigenvalue weighted by Crippen LogP contribution is -2.16. The molecule has 0 aliphatic rings. The number of para-hydroxylation sites is 1. The number of ether oxygens (including phenoxy) is 1. The largest absolute Gasteiger partial charge is 0.493 e. The second kappa shape index (κ2) is 9.42. The van der Waals surface area contributed by atoms with Gasteiger partial charge in [0, 0.05) is 12.4 Å². The molecule has 0 atom stereocenters. The van der Waals surface area contributed by atoms with Gasteiger partial charge in [-0.2, -0.15) is 0 Å². The van der Waals surface area contributed by atoms with Crippen LogP contribution in [0.3, 0.4) is 0 Å². The Balaban J connectivity index is 2.09. The molecule has 0 aliphatic heterocycles. The third-order valence-electron chi connectivity index (χ3n) is 3.80. The predicted octanol–water partition coefficient (Wildman–Crippen LogP) is 3.87. The summed E-state index contributed by atoms with van der Waals surface area (Å²) in [4.78, 5) is 16.5. The highest BCUT2D eigenvalue weighted by Gasteiger charge is 2.14. The number of nitrogens with one attached hydrogen (secondary N) is 2. The molecule has 132 valence electrons. The molecule has 25 heavy (non-hydrogen) atoms. The van der Waals surface area contributed by atoms with Crippen molar-refractivity contribution < 1.29 is 9.53 Å². The molecule has 0 unspecified atom stereocenters. The summed E-state index contributed by atoms with van der Waals surface area (Å²) in [6.07, 6.45) is 7.00. The summed E-state index contributed by atoms with van der Waals surface area (Å²) < 4.78 is 5.78. The number of benzene rings is 1. The molecular formula is C19H24N4O2. The Morgan fingerprint density at radius 1 is 1.28 bits per heavy atom. The smallest absolute Gasteiger partial charge is 0.259 e. The van der Waals surface area contributed by atoms with E-state index in [4.69, 9.17) is 15.9 Å². The van der Waals surface area contributed by atoms with Gasteiger partial charge in [0.05, 0.1) is 23.4 Å². The second-order valence-electron chi connectivity index (χ2n) is 5.66. The van der Waals surface area contributed by atoms with Crippen LogP contribution in [0.4, 0.5) is 11.5 Å². The number of hydrogen-bond donors (Lipinski definition) is 3. The highest BCUT2D eigenvalue weighted by Crippen LogP contribution is 2.22. The van der Waals surface area contributed by atoms with Gasteiger partial charge in [-0.05, 0) is 24.6 Å². The van der Waals surface area contributed by atoms with Crippen LogP contribution < -0.4 is 15.8 Å². The monoisotopic (exact) mass is 340 g/mol. The lowest BCUT2D eigenvalue weighted by Gasteiger charge is -2.13. The number of carbonyl (C=O) groups is 1. The standard InChI is InChI=1S/C19H24N4O2/c1-2-3-4-7-12-25-17-9-6-5-8-14(17)19(24)23-16-10-11-22-18(21)15(16)13-20/h5-6,8-11,13,20H,2-4,7,12H2,1H3,(H3,21,22,23,24). The number of aromatic nitrogens is 1. The Bertz CT molecular complexity index is 731. The molecule has 1 amide bonds. The quantitative estimate of drug-likeness (QED) is 0.476. The zero-order valence-corrected chi connectivity index (χ0v) is 14.4. The van der Waals surface area contributed by atoms with Crippen LogP contribution in [0.2, 0.25) is 0 Å². The maximum absolute atomic E-state index is 12.6. The van der Waals surface area contributed by atoms with Gasteiger partial charge >= 0.3 is 0 Å². The number of nitrogens with two attached hydrogens (primary N) is 1. The van der Waals surface area contributed by atoms with Crippen LogP contribution in [0.15, 0.2) is 36.5 Å². The van der Waals surface area contributed by atoms with Gasteiger partial charge in [0.15, 0.2) is 0 Å². The van der Waals surface area contributed by atoms with Crippen LogP contribution in [0.1, 0.15) is 48.5 Å². The highest BCUT2D eigenvalue weighted by molar-refractivity contribution is 6.08. The van der Waals surface area contributed by atoms with E-state index in [0.29, 0.717) is 29.2 Å². The van der Waals surface area contributed by atoms with Crippen LogP contribution in [0.25, 0.3) is 0 Å². The fourth-order valence-electron chi connectivity index (χ4n) is 2.43. The van der Waals surface area contributed by atoms with Crippen LogP contribution in [0.5, 0.6) is 5.75 Å². The molecule has 4 N–H and O–H groups in total. The molecule has 2 aromatic rings. The summed E-state index contributed by atoms with van der Waals surface area (Å²) in [7, 11) is 0. The lowest BCUT2D eigenvalue weighted by molar-refractivity contribution is 0.102. The minimum absolute atomic E-state index is 0.202. The molecule has 0 aliphatic carbocycles. The molecule has 1 heterocycles. The van der Waals surface area contributed by atoms with Crippen molar-refractivity contribution in [3.8, 4) is 5.75 Å². The number of pyridine rings is 1. The van der Waals surface area contributed by atoms with Crippen molar-refractivity contribution in [2.24, 2.45) is 0 Å². The molecule has 1 aromatic heterocycles. The van der Waals surface area contributed by atoms with Crippen molar-refractivity contribution in [2.45, 2.75) is 32.6 Å². The fraction of sp³-hybridized carbons (Fsp3) is 0.316. The molecule has 0 spiro atoms. The number of amides is 1. The fourth-order valence-corrected chi connectivity index (χ4v) is 2.43. The highest BCUT2D eigenvalue weighted by atomic mass is 16.5. The number of rotatable bonds is 9. The van der Waals surface area contributed by atoms with E-state index >= 15 is 0 Å². The van der Waals surface area contributed by atoms with E-state index in [0.717, 1.165) is 19.1 Å². The van der Waals surface area contributed by atoms with Crippen molar-refractivity contribution in [1.29, 1.82) is 5.41 Å². The lowest BCUT2D eigenvalue weighted by atomic mass is 10.1. The summed E-state index contributed by atoms with van der Waals surface area (Å²) in [6.45, 7) is 2.74. The Morgan fingerprint density at radius 3 is 2.84 bits per heavy atom. The van der Waals surface area contributed by atoms with Gasteiger partial charge in [-0.3, -0.25) is 4.79 Å². The Kier molecular flexibility index (Phi) is 6.95. The third kappa shape index (κ3) is 5.04. The maximum Gasteiger partial charge on any atom is 0.259 e. The molecule has 0 fully saturated rings. The number of carbonyl (C=O) groups excluding carboxylic acids is 1. The molecule has 1 aromatic carbocycles. The molecule has 0 saturated heterocycles. The van der Waals surface area contributed by atoms with Crippen LogP contribution >= 0.6 is 0 Å². The zero-order valence-electron chi connectivity index (χ0n) is 14.4. The van der Waals surface area contributed by atoms with Crippen molar-refractivity contribution in [3.05, 3.63) is 47.7 Å². The van der Waals surface area contributed by atoms with Gasteiger partial charge in [-0.1, -0.05) is 38.3 Å². The van der Waals surface area contributed by atoms with Crippen LogP contribution in [0, 0.1) is 5.41 Å². The van der Waals surface area contributed by atoms with Crippen LogP contribution in [-0.4, -0.2) is 23.7 Å². The number of nitrogens with zero attached hydrogens (tertiary/aromatic N) is 1. The maximum atomic E-state index is 12.6. The van der Waals surface area contributed by atoms with Crippen LogP contribution in [-0.2, 0) is 0 Å². The van der Waals surface area contributed by atoms with Crippen molar-refractivity contribution in [1.82, 2.24) is 4.98 Å². The summed E-state index contributed by atoms with van der Waals surface area (Å²) in [5.41, 5.74) is 7.02. The third-order valence-corrected chi connectivity index (χ3v) is 3.80. The number of hydrogen-bond acceptors (Lipinski definition) is 5. The minimum Gasteiger partial charge on any atom is -0.493 e. The topological polar surface area (TPSA) is 101 Å².